The number of rotatable bonds is 4. The third-order valence-corrected chi connectivity index (χ3v) is 6.37. The number of hydrogen-bond donors (Lipinski definition) is 0. The van der Waals surface area contributed by atoms with Crippen LogP contribution >= 0.6 is 0 Å². The lowest BCUT2D eigenvalue weighted by atomic mass is 9.98. The number of aromatic nitrogens is 1. The molecule has 0 saturated carbocycles. The third kappa shape index (κ3) is 3.81. The van der Waals surface area contributed by atoms with Crippen LogP contribution in [0.1, 0.15) is 36.0 Å². The zero-order chi connectivity index (χ0) is 19.6. The summed E-state index contributed by atoms with van der Waals surface area (Å²) >= 11 is 0. The predicted octanol–water partition coefficient (Wildman–Crippen LogP) is 3.13. The number of anilines is 1. The Balaban J connectivity index is 1.25. The number of ether oxygens (including phenoxy) is 2. The Morgan fingerprint density at radius 1 is 0.966 bits per heavy atom. The van der Waals surface area contributed by atoms with E-state index in [1.54, 1.807) is 12.4 Å². The number of carbonyl (C=O) groups excluding carboxylic acids is 1. The second-order valence-corrected chi connectivity index (χ2v) is 8.14. The number of morpholine rings is 1. The summed E-state index contributed by atoms with van der Waals surface area (Å²) in [6.45, 7) is 3.34. The number of pyridine rings is 1. The van der Waals surface area contributed by atoms with Crippen molar-refractivity contribution in [3.63, 3.8) is 0 Å². The van der Waals surface area contributed by atoms with E-state index in [1.165, 1.54) is 0 Å². The van der Waals surface area contributed by atoms with Crippen LogP contribution in [0.2, 0.25) is 0 Å². The van der Waals surface area contributed by atoms with Crippen LogP contribution in [0.15, 0.2) is 48.8 Å². The number of nitrogens with zero attached hydrogens (tertiary/aromatic N) is 3. The molecule has 3 aliphatic rings. The fraction of sp³-hybridized carbons (Fsp3) is 0.478. The molecule has 0 N–H and O–H groups in total. The minimum absolute atomic E-state index is 0.161. The first kappa shape index (κ1) is 18.4. The highest BCUT2D eigenvalue weighted by molar-refractivity contribution is 5.95. The first-order valence-electron chi connectivity index (χ1n) is 10.6. The molecule has 2 bridgehead atoms. The van der Waals surface area contributed by atoms with Crippen molar-refractivity contribution in [3.8, 4) is 5.75 Å². The summed E-state index contributed by atoms with van der Waals surface area (Å²) in [5.74, 6) is 1.02. The van der Waals surface area contributed by atoms with Crippen LogP contribution < -0.4 is 9.64 Å². The second kappa shape index (κ2) is 8.03. The van der Waals surface area contributed by atoms with Crippen molar-refractivity contribution in [3.05, 3.63) is 54.4 Å². The van der Waals surface area contributed by atoms with Gasteiger partial charge in [0.25, 0.3) is 5.91 Å². The van der Waals surface area contributed by atoms with Crippen LogP contribution in [0.4, 0.5) is 5.69 Å². The number of piperidine rings is 1. The average molecular weight is 393 g/mol. The topological polar surface area (TPSA) is 54.9 Å². The second-order valence-electron chi connectivity index (χ2n) is 8.14. The summed E-state index contributed by atoms with van der Waals surface area (Å²) in [5.41, 5.74) is 1.95. The van der Waals surface area contributed by atoms with Crippen LogP contribution in [-0.4, -0.2) is 60.3 Å². The Bertz CT molecular complexity index is 822. The van der Waals surface area contributed by atoms with E-state index in [4.69, 9.17) is 9.47 Å². The molecule has 0 spiro atoms. The van der Waals surface area contributed by atoms with Gasteiger partial charge in [-0.15, -0.1) is 0 Å². The van der Waals surface area contributed by atoms with Crippen LogP contribution in [0.3, 0.4) is 0 Å². The minimum atomic E-state index is 0.161. The normalized spacial score (nSPS) is 26.4. The molecule has 1 aromatic carbocycles. The summed E-state index contributed by atoms with van der Waals surface area (Å²) in [6, 6.07) is 12.4. The van der Waals surface area contributed by atoms with Gasteiger partial charge in [0.05, 0.1) is 13.2 Å². The number of hydrogen-bond acceptors (Lipinski definition) is 5. The maximum atomic E-state index is 13.3. The summed E-state index contributed by atoms with van der Waals surface area (Å²) in [6.07, 6.45) is 7.61. The van der Waals surface area contributed by atoms with Gasteiger partial charge in [-0.2, -0.15) is 0 Å². The molecule has 0 radical (unpaired) electrons. The van der Waals surface area contributed by atoms with Crippen molar-refractivity contribution in [1.29, 1.82) is 0 Å². The Morgan fingerprint density at radius 3 is 2.28 bits per heavy atom. The van der Waals surface area contributed by atoms with Gasteiger partial charge in [-0.1, -0.05) is 0 Å². The molecule has 2 unspecified atom stereocenters. The Kier molecular flexibility index (Phi) is 5.10. The maximum Gasteiger partial charge on any atom is 0.254 e. The molecule has 29 heavy (non-hydrogen) atoms. The highest BCUT2D eigenvalue weighted by Crippen LogP contribution is 2.38. The van der Waals surface area contributed by atoms with E-state index in [9.17, 15) is 4.79 Å². The molecular formula is C23H27N3O3. The molecule has 4 heterocycles. The third-order valence-electron chi connectivity index (χ3n) is 6.37. The van der Waals surface area contributed by atoms with Gasteiger partial charge < -0.3 is 19.3 Å². The lowest BCUT2D eigenvalue weighted by Gasteiger charge is -2.39. The smallest absolute Gasteiger partial charge is 0.254 e. The monoisotopic (exact) mass is 393 g/mol. The van der Waals surface area contributed by atoms with Gasteiger partial charge >= 0.3 is 0 Å². The zero-order valence-electron chi connectivity index (χ0n) is 16.6. The summed E-state index contributed by atoms with van der Waals surface area (Å²) < 4.78 is 11.6. The quantitative estimate of drug-likeness (QED) is 0.799. The maximum absolute atomic E-state index is 13.3. The molecule has 2 atom stereocenters. The van der Waals surface area contributed by atoms with E-state index in [1.807, 2.05) is 24.3 Å². The minimum Gasteiger partial charge on any atom is -0.490 e. The lowest BCUT2D eigenvalue weighted by molar-refractivity contribution is 0.0358. The Morgan fingerprint density at radius 2 is 1.62 bits per heavy atom. The fourth-order valence-electron chi connectivity index (χ4n) is 4.95. The standard InChI is InChI=1S/C23H27N3O3/c27-23(17-1-3-18(4-2-17)25-11-13-28-14-12-25)26-19-5-6-20(26)16-22(15-19)29-21-7-9-24-10-8-21/h1-4,7-10,19-20,22H,5-6,11-16H2. The molecule has 5 rings (SSSR count). The van der Waals surface area contributed by atoms with Gasteiger partial charge in [0.15, 0.2) is 0 Å². The van der Waals surface area contributed by atoms with Crippen molar-refractivity contribution >= 4 is 11.6 Å². The van der Waals surface area contributed by atoms with Crippen LogP contribution in [-0.2, 0) is 4.74 Å². The van der Waals surface area contributed by atoms with Gasteiger partial charge in [-0.3, -0.25) is 9.78 Å². The molecule has 0 aliphatic carbocycles. The van der Waals surface area contributed by atoms with Crippen LogP contribution in [0.25, 0.3) is 0 Å². The van der Waals surface area contributed by atoms with E-state index in [2.05, 4.69) is 26.9 Å². The van der Waals surface area contributed by atoms with Crippen LogP contribution in [0, 0.1) is 0 Å². The largest absolute Gasteiger partial charge is 0.490 e. The van der Waals surface area contributed by atoms with E-state index in [-0.39, 0.29) is 24.1 Å². The van der Waals surface area contributed by atoms with Crippen LogP contribution in [0.5, 0.6) is 5.75 Å². The molecule has 6 heteroatoms. The number of benzene rings is 1. The number of fused-ring (bicyclic) bond motifs is 2. The zero-order valence-corrected chi connectivity index (χ0v) is 16.6. The summed E-state index contributed by atoms with van der Waals surface area (Å²) in [5, 5.41) is 0. The van der Waals surface area contributed by atoms with Crippen molar-refractivity contribution in [2.45, 2.75) is 43.9 Å². The molecule has 6 nitrogen and oxygen atoms in total. The SMILES string of the molecule is O=C(c1ccc(N2CCOCC2)cc1)N1C2CCC1CC(Oc1ccncc1)C2. The molecule has 3 saturated heterocycles. The Labute approximate surface area is 171 Å². The summed E-state index contributed by atoms with van der Waals surface area (Å²) in [4.78, 5) is 21.7. The number of amides is 1. The van der Waals surface area contributed by atoms with Crippen molar-refractivity contribution in [2.75, 3.05) is 31.2 Å². The summed E-state index contributed by atoms with van der Waals surface area (Å²) in [7, 11) is 0. The van der Waals surface area contributed by atoms with E-state index >= 15 is 0 Å². The Hall–Kier alpha value is -2.60. The highest BCUT2D eigenvalue weighted by atomic mass is 16.5. The molecule has 1 amide bonds. The van der Waals surface area contributed by atoms with Gasteiger partial charge in [0.1, 0.15) is 11.9 Å². The molecule has 2 aromatic rings. The molecule has 3 aliphatic heterocycles. The molecular weight excluding hydrogens is 366 g/mol. The lowest BCUT2D eigenvalue weighted by Crippen LogP contribution is -2.49. The van der Waals surface area contributed by atoms with Gasteiger partial charge in [0, 0.05) is 61.7 Å². The first-order valence-corrected chi connectivity index (χ1v) is 10.6. The van der Waals surface area contributed by atoms with E-state index in [0.29, 0.717) is 0 Å². The number of carbonyl (C=O) groups is 1. The van der Waals surface area contributed by atoms with Crippen molar-refractivity contribution < 1.29 is 14.3 Å². The average Bonchev–Trinajstić information content (AvgIpc) is 3.05. The van der Waals surface area contributed by atoms with Gasteiger partial charge in [-0.05, 0) is 49.2 Å². The van der Waals surface area contributed by atoms with Crippen molar-refractivity contribution in [1.82, 2.24) is 9.88 Å². The van der Waals surface area contributed by atoms with Crippen molar-refractivity contribution in [2.24, 2.45) is 0 Å². The van der Waals surface area contributed by atoms with E-state index in [0.717, 1.165) is 69.0 Å². The molecule has 1 aromatic heterocycles. The predicted molar refractivity (Wildman–Crippen MR) is 110 cm³/mol. The van der Waals surface area contributed by atoms with Gasteiger partial charge in [0.2, 0.25) is 0 Å². The van der Waals surface area contributed by atoms with E-state index < -0.39 is 0 Å². The van der Waals surface area contributed by atoms with Gasteiger partial charge in [-0.25, -0.2) is 0 Å². The fourth-order valence-corrected chi connectivity index (χ4v) is 4.95. The highest BCUT2D eigenvalue weighted by Gasteiger charge is 2.44. The molecule has 152 valence electrons. The first-order chi connectivity index (χ1) is 14.3. The molecule has 3 fully saturated rings.